The highest BCUT2D eigenvalue weighted by Crippen LogP contribution is 2.21. The van der Waals surface area contributed by atoms with E-state index in [0.29, 0.717) is 18.2 Å². The number of nitrogens with zero attached hydrogens (tertiary/aromatic N) is 3. The number of pyridine rings is 1. The average molecular weight is 296 g/mol. The number of hydrogen-bond donors (Lipinski definition) is 1. The standard InChI is InChI=1S/C14H15F3N4/c15-14(16,17)6-3-12-5-9-20-13(21-12)19-8-4-11-2-1-7-18-10-11/h1-2,5,7,9-10H,3-4,6,8H2,(H,19,20,21). The fourth-order valence-corrected chi connectivity index (χ4v) is 1.75. The van der Waals surface area contributed by atoms with E-state index in [4.69, 9.17) is 0 Å². The van der Waals surface area contributed by atoms with Crippen molar-refractivity contribution in [1.82, 2.24) is 15.0 Å². The molecule has 7 heteroatoms. The lowest BCUT2D eigenvalue weighted by molar-refractivity contribution is -0.134. The van der Waals surface area contributed by atoms with Gasteiger partial charge in [-0.3, -0.25) is 4.98 Å². The Morgan fingerprint density at radius 3 is 2.67 bits per heavy atom. The Bertz CT molecular complexity index is 558. The van der Waals surface area contributed by atoms with Gasteiger partial charge in [0.05, 0.1) is 0 Å². The first-order chi connectivity index (χ1) is 10.0. The number of hydrogen-bond acceptors (Lipinski definition) is 4. The Morgan fingerprint density at radius 2 is 1.95 bits per heavy atom. The molecule has 0 aliphatic rings. The van der Waals surface area contributed by atoms with Gasteiger partial charge in [0, 0.05) is 37.3 Å². The van der Waals surface area contributed by atoms with Crippen LogP contribution in [-0.4, -0.2) is 27.7 Å². The summed E-state index contributed by atoms with van der Waals surface area (Å²) in [5.41, 5.74) is 1.45. The summed E-state index contributed by atoms with van der Waals surface area (Å²) in [5, 5.41) is 3.00. The summed E-state index contributed by atoms with van der Waals surface area (Å²) in [6.45, 7) is 0.592. The normalized spacial score (nSPS) is 11.4. The number of aryl methyl sites for hydroxylation is 1. The van der Waals surface area contributed by atoms with Gasteiger partial charge in [-0.2, -0.15) is 13.2 Å². The van der Waals surface area contributed by atoms with Crippen LogP contribution in [0.15, 0.2) is 36.8 Å². The Balaban J connectivity index is 1.83. The molecule has 0 aliphatic heterocycles. The van der Waals surface area contributed by atoms with E-state index in [0.717, 1.165) is 12.0 Å². The van der Waals surface area contributed by atoms with Gasteiger partial charge >= 0.3 is 6.18 Å². The van der Waals surface area contributed by atoms with Crippen LogP contribution in [0.3, 0.4) is 0 Å². The lowest BCUT2D eigenvalue weighted by Gasteiger charge is -2.08. The van der Waals surface area contributed by atoms with Gasteiger partial charge in [-0.1, -0.05) is 6.07 Å². The molecule has 0 atom stereocenters. The van der Waals surface area contributed by atoms with E-state index in [2.05, 4.69) is 20.3 Å². The SMILES string of the molecule is FC(F)(F)CCc1ccnc(NCCc2cccnc2)n1. The molecule has 0 unspecified atom stereocenters. The van der Waals surface area contributed by atoms with Gasteiger partial charge in [-0.25, -0.2) is 9.97 Å². The predicted molar refractivity (Wildman–Crippen MR) is 72.8 cm³/mol. The van der Waals surface area contributed by atoms with Crippen LogP contribution in [-0.2, 0) is 12.8 Å². The van der Waals surface area contributed by atoms with Crippen molar-refractivity contribution >= 4 is 5.95 Å². The molecule has 4 nitrogen and oxygen atoms in total. The first-order valence-corrected chi connectivity index (χ1v) is 6.54. The van der Waals surface area contributed by atoms with Crippen LogP contribution in [0.25, 0.3) is 0 Å². The molecule has 0 amide bonds. The zero-order valence-electron chi connectivity index (χ0n) is 11.3. The van der Waals surface area contributed by atoms with Crippen molar-refractivity contribution in [1.29, 1.82) is 0 Å². The first-order valence-electron chi connectivity index (χ1n) is 6.54. The fourth-order valence-electron chi connectivity index (χ4n) is 1.75. The minimum atomic E-state index is -4.17. The molecule has 0 saturated heterocycles. The number of nitrogens with one attached hydrogen (secondary N) is 1. The highest BCUT2D eigenvalue weighted by Gasteiger charge is 2.26. The molecule has 0 saturated carbocycles. The number of aromatic nitrogens is 3. The van der Waals surface area contributed by atoms with Crippen LogP contribution in [0.4, 0.5) is 19.1 Å². The van der Waals surface area contributed by atoms with Crippen LogP contribution in [0, 0.1) is 0 Å². The van der Waals surface area contributed by atoms with E-state index in [1.54, 1.807) is 12.4 Å². The number of halogens is 3. The molecule has 0 bridgehead atoms. The lowest BCUT2D eigenvalue weighted by atomic mass is 10.2. The van der Waals surface area contributed by atoms with E-state index < -0.39 is 12.6 Å². The van der Waals surface area contributed by atoms with Gasteiger partial charge in [0.2, 0.25) is 5.95 Å². The van der Waals surface area contributed by atoms with E-state index >= 15 is 0 Å². The van der Waals surface area contributed by atoms with Crippen LogP contribution in [0.5, 0.6) is 0 Å². The topological polar surface area (TPSA) is 50.7 Å². The molecule has 2 aromatic heterocycles. The van der Waals surface area contributed by atoms with E-state index in [1.807, 2.05) is 12.1 Å². The summed E-state index contributed by atoms with van der Waals surface area (Å²) in [5.74, 6) is 0.346. The van der Waals surface area contributed by atoms with E-state index in [1.165, 1.54) is 12.3 Å². The third-order valence-corrected chi connectivity index (χ3v) is 2.80. The summed E-state index contributed by atoms with van der Waals surface area (Å²) in [4.78, 5) is 12.1. The third-order valence-electron chi connectivity index (χ3n) is 2.80. The molecule has 1 N–H and O–H groups in total. The van der Waals surface area contributed by atoms with Gasteiger partial charge in [-0.15, -0.1) is 0 Å². The maximum atomic E-state index is 12.2. The predicted octanol–water partition coefficient (Wildman–Crippen LogP) is 3.02. The number of rotatable bonds is 6. The zero-order chi connectivity index (χ0) is 15.1. The molecule has 112 valence electrons. The number of anilines is 1. The van der Waals surface area contributed by atoms with Crippen molar-refractivity contribution in [3.63, 3.8) is 0 Å². The second kappa shape index (κ2) is 7.01. The molecule has 2 rings (SSSR count). The quantitative estimate of drug-likeness (QED) is 0.890. The van der Waals surface area contributed by atoms with Gasteiger partial charge in [0.15, 0.2) is 0 Å². The second-order valence-corrected chi connectivity index (χ2v) is 4.52. The molecular weight excluding hydrogens is 281 g/mol. The maximum absolute atomic E-state index is 12.2. The highest BCUT2D eigenvalue weighted by molar-refractivity contribution is 5.25. The Hall–Kier alpha value is -2.18. The molecule has 2 aromatic rings. The van der Waals surface area contributed by atoms with Crippen LogP contribution >= 0.6 is 0 Å². The van der Waals surface area contributed by atoms with Crippen molar-refractivity contribution in [3.05, 3.63) is 48.0 Å². The van der Waals surface area contributed by atoms with Gasteiger partial charge in [0.25, 0.3) is 0 Å². The maximum Gasteiger partial charge on any atom is 0.389 e. The largest absolute Gasteiger partial charge is 0.389 e. The van der Waals surface area contributed by atoms with Crippen molar-refractivity contribution < 1.29 is 13.2 Å². The van der Waals surface area contributed by atoms with Crippen molar-refractivity contribution in [2.45, 2.75) is 25.4 Å². The average Bonchev–Trinajstić information content (AvgIpc) is 2.46. The number of alkyl halides is 3. The molecular formula is C14H15F3N4. The first kappa shape index (κ1) is 15.2. The Labute approximate surface area is 120 Å². The highest BCUT2D eigenvalue weighted by atomic mass is 19.4. The van der Waals surface area contributed by atoms with Gasteiger partial charge in [0.1, 0.15) is 0 Å². The summed E-state index contributed by atoms with van der Waals surface area (Å²) in [6, 6.07) is 5.30. The summed E-state index contributed by atoms with van der Waals surface area (Å²) in [6.07, 6.45) is 0.489. The summed E-state index contributed by atoms with van der Waals surface area (Å²) in [7, 11) is 0. The molecule has 0 aromatic carbocycles. The van der Waals surface area contributed by atoms with Gasteiger partial charge in [-0.05, 0) is 30.5 Å². The molecule has 0 spiro atoms. The lowest BCUT2D eigenvalue weighted by Crippen LogP contribution is -2.11. The molecule has 21 heavy (non-hydrogen) atoms. The third kappa shape index (κ3) is 5.76. The Kier molecular flexibility index (Phi) is 5.08. The molecule has 0 aliphatic carbocycles. The monoisotopic (exact) mass is 296 g/mol. The summed E-state index contributed by atoms with van der Waals surface area (Å²) >= 11 is 0. The molecule has 2 heterocycles. The minimum Gasteiger partial charge on any atom is -0.354 e. The minimum absolute atomic E-state index is 0.136. The van der Waals surface area contributed by atoms with Crippen molar-refractivity contribution in [2.24, 2.45) is 0 Å². The van der Waals surface area contributed by atoms with E-state index in [9.17, 15) is 13.2 Å². The van der Waals surface area contributed by atoms with E-state index in [-0.39, 0.29) is 6.42 Å². The molecule has 0 radical (unpaired) electrons. The van der Waals surface area contributed by atoms with Crippen LogP contribution in [0.1, 0.15) is 17.7 Å². The second-order valence-electron chi connectivity index (χ2n) is 4.52. The zero-order valence-corrected chi connectivity index (χ0v) is 11.3. The van der Waals surface area contributed by atoms with Gasteiger partial charge < -0.3 is 5.32 Å². The van der Waals surface area contributed by atoms with Crippen molar-refractivity contribution in [2.75, 3.05) is 11.9 Å². The van der Waals surface area contributed by atoms with Crippen LogP contribution < -0.4 is 5.32 Å². The van der Waals surface area contributed by atoms with Crippen LogP contribution in [0.2, 0.25) is 0 Å². The smallest absolute Gasteiger partial charge is 0.354 e. The Morgan fingerprint density at radius 1 is 1.10 bits per heavy atom. The fraction of sp³-hybridized carbons (Fsp3) is 0.357. The molecule has 0 fully saturated rings. The van der Waals surface area contributed by atoms with Crippen molar-refractivity contribution in [3.8, 4) is 0 Å². The summed E-state index contributed by atoms with van der Waals surface area (Å²) < 4.78 is 36.5.